The average molecular weight is 649 g/mol. The Kier molecular flexibility index (Phi) is 9.62. The zero-order valence-corrected chi connectivity index (χ0v) is 25.9. The van der Waals surface area contributed by atoms with Crippen LogP contribution in [0.4, 0.5) is 13.2 Å². The Morgan fingerprint density at radius 1 is 0.933 bits per heavy atom. The van der Waals surface area contributed by atoms with E-state index in [0.717, 1.165) is 50.2 Å². The molecule has 3 heterocycles. The van der Waals surface area contributed by atoms with Crippen molar-refractivity contribution in [2.75, 3.05) is 13.1 Å². The molecular weight excluding hydrogens is 618 g/mol. The Morgan fingerprint density at radius 3 is 2.36 bits per heavy atom. The van der Waals surface area contributed by atoms with Gasteiger partial charge in [0, 0.05) is 37.5 Å². The average Bonchev–Trinajstić information content (AvgIpc) is 3.69. The van der Waals surface area contributed by atoms with E-state index < -0.39 is 11.7 Å². The number of rotatable bonds is 10. The smallest absolute Gasteiger partial charge is 0.348 e. The number of thioether (sulfide) groups is 1. The van der Waals surface area contributed by atoms with Gasteiger partial charge in [-0.1, -0.05) is 78.5 Å². The summed E-state index contributed by atoms with van der Waals surface area (Å²) in [6.07, 6.45) is -2.32. The SMILES string of the molecule is O=C(NC1CCN(Cc2ccccc2)CC1)c1csc(CSc2nnc(Cc3ccccc3)n2-c2cccc(C(F)(F)F)c2)n1. The highest BCUT2D eigenvalue weighted by Crippen LogP contribution is 2.33. The van der Waals surface area contributed by atoms with E-state index in [0.29, 0.717) is 39.5 Å². The highest BCUT2D eigenvalue weighted by atomic mass is 32.2. The summed E-state index contributed by atoms with van der Waals surface area (Å²) in [6, 6.07) is 25.2. The Bertz CT molecular complexity index is 1720. The highest BCUT2D eigenvalue weighted by molar-refractivity contribution is 7.98. The number of carbonyl (C=O) groups is 1. The maximum atomic E-state index is 13.6. The van der Waals surface area contributed by atoms with Crippen LogP contribution in [0.5, 0.6) is 0 Å². The van der Waals surface area contributed by atoms with Crippen LogP contribution in [0.1, 0.15) is 50.9 Å². The molecule has 1 N–H and O–H groups in total. The fourth-order valence-corrected chi connectivity index (χ4v) is 7.07. The minimum atomic E-state index is -4.48. The second-order valence-electron chi connectivity index (χ2n) is 10.9. The topological polar surface area (TPSA) is 75.9 Å². The van der Waals surface area contributed by atoms with Crippen LogP contribution in [-0.4, -0.2) is 49.7 Å². The number of aromatic nitrogens is 4. The first-order valence-corrected chi connectivity index (χ1v) is 16.5. The number of nitrogens with zero attached hydrogens (tertiary/aromatic N) is 5. The first kappa shape index (κ1) is 31.0. The van der Waals surface area contributed by atoms with Crippen LogP contribution < -0.4 is 5.32 Å². The lowest BCUT2D eigenvalue weighted by atomic mass is 10.0. The fraction of sp³-hybridized carbons (Fsp3) is 0.273. The van der Waals surface area contributed by atoms with Gasteiger partial charge in [-0.3, -0.25) is 14.3 Å². The van der Waals surface area contributed by atoms with Crippen molar-refractivity contribution in [2.45, 2.75) is 48.9 Å². The van der Waals surface area contributed by atoms with Gasteiger partial charge in [0.25, 0.3) is 5.91 Å². The number of nitrogens with one attached hydrogen (secondary N) is 1. The van der Waals surface area contributed by atoms with Gasteiger partial charge in [0.15, 0.2) is 5.16 Å². The lowest BCUT2D eigenvalue weighted by molar-refractivity contribution is -0.137. The summed E-state index contributed by atoms with van der Waals surface area (Å²) in [4.78, 5) is 20.0. The maximum Gasteiger partial charge on any atom is 0.416 e. The third-order valence-electron chi connectivity index (χ3n) is 7.62. The molecular formula is C33H31F3N6OS2. The molecule has 0 saturated carbocycles. The monoisotopic (exact) mass is 648 g/mol. The first-order chi connectivity index (χ1) is 21.8. The van der Waals surface area contributed by atoms with Crippen molar-refractivity contribution in [3.8, 4) is 5.69 Å². The predicted octanol–water partition coefficient (Wildman–Crippen LogP) is 7.02. The van der Waals surface area contributed by atoms with Crippen LogP contribution >= 0.6 is 23.1 Å². The zero-order chi connectivity index (χ0) is 31.2. The third-order valence-corrected chi connectivity index (χ3v) is 9.59. The minimum Gasteiger partial charge on any atom is -0.348 e. The number of halogens is 3. The first-order valence-electron chi connectivity index (χ1n) is 14.6. The Morgan fingerprint density at radius 2 is 1.64 bits per heavy atom. The molecule has 2 aromatic heterocycles. The number of benzene rings is 3. The second-order valence-corrected chi connectivity index (χ2v) is 12.8. The van der Waals surface area contributed by atoms with Gasteiger partial charge in [-0.2, -0.15) is 13.2 Å². The van der Waals surface area contributed by atoms with Crippen LogP contribution in [0.15, 0.2) is 95.5 Å². The molecule has 1 amide bonds. The van der Waals surface area contributed by atoms with E-state index in [1.165, 1.54) is 34.7 Å². The molecule has 1 fully saturated rings. The number of alkyl halides is 3. The van der Waals surface area contributed by atoms with Crippen molar-refractivity contribution in [1.29, 1.82) is 0 Å². The van der Waals surface area contributed by atoms with E-state index in [1.807, 2.05) is 48.5 Å². The van der Waals surface area contributed by atoms with Crippen molar-refractivity contribution in [2.24, 2.45) is 0 Å². The molecule has 3 aromatic carbocycles. The molecule has 12 heteroatoms. The Labute approximate surface area is 267 Å². The van der Waals surface area contributed by atoms with Crippen LogP contribution in [0.25, 0.3) is 5.69 Å². The molecule has 1 aliphatic rings. The van der Waals surface area contributed by atoms with Gasteiger partial charge in [-0.25, -0.2) is 4.98 Å². The summed E-state index contributed by atoms with van der Waals surface area (Å²) in [7, 11) is 0. The highest BCUT2D eigenvalue weighted by Gasteiger charge is 2.31. The summed E-state index contributed by atoms with van der Waals surface area (Å²) >= 11 is 2.69. The quantitative estimate of drug-likeness (QED) is 0.164. The van der Waals surface area contributed by atoms with Gasteiger partial charge < -0.3 is 5.32 Å². The van der Waals surface area contributed by atoms with Crippen LogP contribution in [-0.2, 0) is 24.9 Å². The van der Waals surface area contributed by atoms with Crippen LogP contribution in [0, 0.1) is 0 Å². The molecule has 0 atom stereocenters. The normalized spacial score (nSPS) is 14.5. The Balaban J connectivity index is 1.10. The van der Waals surface area contributed by atoms with Gasteiger partial charge in [0.2, 0.25) is 0 Å². The zero-order valence-electron chi connectivity index (χ0n) is 24.3. The standard InChI is InChI=1S/C33H31F3N6OS2/c34-33(35,36)25-12-7-13-27(19-25)42-29(18-23-8-3-1-4-9-23)39-40-32(42)45-22-30-38-28(21-44-30)31(43)37-26-14-16-41(17-15-26)20-24-10-5-2-6-11-24/h1-13,19,21,26H,14-18,20,22H2,(H,37,43). The summed E-state index contributed by atoms with van der Waals surface area (Å²) < 4.78 is 42.3. The van der Waals surface area contributed by atoms with E-state index in [1.54, 1.807) is 16.0 Å². The van der Waals surface area contributed by atoms with Crippen LogP contribution in [0.3, 0.4) is 0 Å². The van der Waals surface area contributed by atoms with Crippen molar-refractivity contribution >= 4 is 29.0 Å². The number of piperidine rings is 1. The fourth-order valence-electron chi connectivity index (χ4n) is 5.31. The van der Waals surface area contributed by atoms with Gasteiger partial charge >= 0.3 is 6.18 Å². The molecule has 232 valence electrons. The maximum absolute atomic E-state index is 13.6. The lowest BCUT2D eigenvalue weighted by Crippen LogP contribution is -2.44. The van der Waals surface area contributed by atoms with Gasteiger partial charge in [-0.05, 0) is 42.2 Å². The van der Waals surface area contributed by atoms with Crippen molar-refractivity contribution < 1.29 is 18.0 Å². The molecule has 5 aromatic rings. The van der Waals surface area contributed by atoms with E-state index >= 15 is 0 Å². The van der Waals surface area contributed by atoms with Crippen molar-refractivity contribution in [3.63, 3.8) is 0 Å². The Hall–Kier alpha value is -4.00. The van der Waals surface area contributed by atoms with E-state index in [2.05, 4.69) is 37.5 Å². The molecule has 0 unspecified atom stereocenters. The van der Waals surface area contributed by atoms with E-state index in [-0.39, 0.29) is 11.9 Å². The number of amides is 1. The second kappa shape index (κ2) is 14.0. The molecule has 0 radical (unpaired) electrons. The summed E-state index contributed by atoms with van der Waals surface area (Å²) in [5.41, 5.74) is 2.21. The number of carbonyl (C=O) groups excluding carboxylic acids is 1. The molecule has 0 bridgehead atoms. The molecule has 7 nitrogen and oxygen atoms in total. The summed E-state index contributed by atoms with van der Waals surface area (Å²) in [5.74, 6) is 0.719. The van der Waals surface area contributed by atoms with Crippen LogP contribution in [0.2, 0.25) is 0 Å². The lowest BCUT2D eigenvalue weighted by Gasteiger charge is -2.32. The van der Waals surface area contributed by atoms with E-state index in [4.69, 9.17) is 0 Å². The number of thiazole rings is 1. The molecule has 0 aliphatic carbocycles. The molecule has 1 aliphatic heterocycles. The van der Waals surface area contributed by atoms with Crippen molar-refractivity contribution in [1.82, 2.24) is 30.0 Å². The molecule has 0 spiro atoms. The number of hydrogen-bond donors (Lipinski definition) is 1. The van der Waals surface area contributed by atoms with Gasteiger partial charge in [-0.15, -0.1) is 21.5 Å². The van der Waals surface area contributed by atoms with Crippen molar-refractivity contribution in [3.05, 3.63) is 124 Å². The summed E-state index contributed by atoms with van der Waals surface area (Å²) in [5, 5.41) is 14.7. The number of hydrogen-bond acceptors (Lipinski definition) is 7. The summed E-state index contributed by atoms with van der Waals surface area (Å²) in [6.45, 7) is 2.74. The molecule has 45 heavy (non-hydrogen) atoms. The van der Waals surface area contributed by atoms with Gasteiger partial charge in [0.1, 0.15) is 16.5 Å². The van der Waals surface area contributed by atoms with E-state index in [9.17, 15) is 18.0 Å². The number of likely N-dealkylation sites (tertiary alicyclic amines) is 1. The molecule has 6 rings (SSSR count). The minimum absolute atomic E-state index is 0.0955. The molecule has 1 saturated heterocycles. The third kappa shape index (κ3) is 7.99. The van der Waals surface area contributed by atoms with Gasteiger partial charge in [0.05, 0.1) is 17.0 Å². The largest absolute Gasteiger partial charge is 0.416 e. The predicted molar refractivity (Wildman–Crippen MR) is 169 cm³/mol.